The van der Waals surface area contributed by atoms with Crippen LogP contribution < -0.4 is 63.5 Å². The van der Waals surface area contributed by atoms with Crippen molar-refractivity contribution in [3.63, 3.8) is 0 Å². The van der Waals surface area contributed by atoms with Crippen LogP contribution in [0.4, 0.5) is 0 Å². The van der Waals surface area contributed by atoms with Gasteiger partial charge in [0.15, 0.2) is 24.8 Å². The number of benzene rings is 2. The number of nitrogens with zero attached hydrogens (tertiary/aromatic N) is 2. The molecule has 2 N–H and O–H groups in total. The second kappa shape index (κ2) is 30.6. The Morgan fingerprint density at radius 2 is 0.933 bits per heavy atom. The molecule has 0 radical (unpaired) electrons. The fourth-order valence-electron chi connectivity index (χ4n) is 5.81. The summed E-state index contributed by atoms with van der Waals surface area (Å²) in [5.41, 5.74) is 4.16. The zero-order chi connectivity index (χ0) is 41.2. The highest BCUT2D eigenvalue weighted by atomic mass is 35.5. The maximum Gasteiger partial charge on any atom is 0.220 e. The largest absolute Gasteiger partial charge is 1.00 e. The number of hydrogen-bond donors (Lipinski definition) is 2. The van der Waals surface area contributed by atoms with Crippen molar-refractivity contribution in [2.24, 2.45) is 0 Å². The zero-order valence-electron chi connectivity index (χ0n) is 35.2. The third-order valence-corrected chi connectivity index (χ3v) is 11.1. The van der Waals surface area contributed by atoms with Crippen LogP contribution in [-0.4, -0.2) is 62.8 Å². The summed E-state index contributed by atoms with van der Waals surface area (Å²) in [5, 5.41) is 6.03. The number of aromatic nitrogens is 2. The molecule has 0 bridgehead atoms. The Morgan fingerprint density at radius 1 is 0.550 bits per heavy atom. The molecule has 60 heavy (non-hydrogen) atoms. The van der Waals surface area contributed by atoms with Gasteiger partial charge in [-0.2, -0.15) is 0 Å². The normalized spacial score (nSPS) is 10.8. The number of aryl methyl sites for hydroxylation is 2. The summed E-state index contributed by atoms with van der Waals surface area (Å²) in [6.07, 6.45) is 18.9. The summed E-state index contributed by atoms with van der Waals surface area (Å²) in [4.78, 5) is 24.7. The summed E-state index contributed by atoms with van der Waals surface area (Å²) in [6, 6.07) is 20.1. The Labute approximate surface area is 377 Å². The predicted octanol–water partition coefficient (Wildman–Crippen LogP) is 2.08. The molecular formula is C46H60Cl2N4O6S2. The maximum atomic E-state index is 12.3. The third kappa shape index (κ3) is 19.8. The van der Waals surface area contributed by atoms with Crippen molar-refractivity contribution in [1.82, 2.24) is 10.6 Å². The topological polar surface area (TPSA) is 103 Å². The molecule has 0 saturated carbocycles. The van der Waals surface area contributed by atoms with E-state index in [4.69, 9.17) is 18.9 Å². The standard InChI is InChI=1S/C46H58N4O6S2.2ClH/c1-5-53-41-19-17-39(43(35-41)55-7-3)15-13-37-21-29-49(30-22-37)27-9-11-45(51)47-25-33-57-58-34-26-48-46(52)12-10-28-50-31-23-38(24-32-50)14-16-40-18-20-42(54-6-2)36-44(40)56-8-4;;/h13-24,29-32,35-36H,5-12,25-28,33-34H2,1-4H3;2*1H/b15-13+,16-14+;;. The van der Waals surface area contributed by atoms with Gasteiger partial charge in [0.05, 0.1) is 26.4 Å². The molecule has 0 aliphatic heterocycles. The number of rotatable bonds is 27. The number of pyridine rings is 2. The third-order valence-electron chi connectivity index (χ3n) is 8.68. The van der Waals surface area contributed by atoms with Crippen molar-refractivity contribution in [1.29, 1.82) is 0 Å². The Kier molecular flexibility index (Phi) is 26.4. The van der Waals surface area contributed by atoms with Crippen molar-refractivity contribution >= 4 is 57.7 Å². The summed E-state index contributed by atoms with van der Waals surface area (Å²) in [6.45, 7) is 13.1. The number of carbonyl (C=O) groups excluding carboxylic acids is 2. The highest BCUT2D eigenvalue weighted by Gasteiger charge is 2.09. The highest BCUT2D eigenvalue weighted by molar-refractivity contribution is 8.76. The van der Waals surface area contributed by atoms with Gasteiger partial charge in [-0.15, -0.1) is 0 Å². The average molecular weight is 900 g/mol. The Balaban J connectivity index is 0.00000620. The van der Waals surface area contributed by atoms with E-state index in [1.165, 1.54) is 0 Å². The molecule has 2 aromatic heterocycles. The minimum absolute atomic E-state index is 0. The first kappa shape index (κ1) is 51.8. The van der Waals surface area contributed by atoms with Gasteiger partial charge in [-0.1, -0.05) is 45.9 Å². The van der Waals surface area contributed by atoms with E-state index in [1.54, 1.807) is 21.6 Å². The van der Waals surface area contributed by atoms with Crippen LogP contribution in [-0.2, 0) is 22.7 Å². The number of hydrogen-bond acceptors (Lipinski definition) is 8. The van der Waals surface area contributed by atoms with Gasteiger partial charge in [-0.25, -0.2) is 9.13 Å². The van der Waals surface area contributed by atoms with Gasteiger partial charge in [0.2, 0.25) is 11.8 Å². The molecule has 4 rings (SSSR count). The van der Waals surface area contributed by atoms with Crippen molar-refractivity contribution < 1.29 is 62.5 Å². The van der Waals surface area contributed by atoms with Gasteiger partial charge in [-0.05, 0) is 63.1 Å². The molecule has 0 aliphatic rings. The summed E-state index contributed by atoms with van der Waals surface area (Å²) >= 11 is 0. The van der Waals surface area contributed by atoms with Crippen LogP contribution in [0, 0.1) is 0 Å². The van der Waals surface area contributed by atoms with Crippen LogP contribution in [0.15, 0.2) is 85.5 Å². The van der Waals surface area contributed by atoms with E-state index in [-0.39, 0.29) is 36.6 Å². The number of amides is 2. The second-order valence-corrected chi connectivity index (χ2v) is 15.8. The predicted molar refractivity (Wildman–Crippen MR) is 238 cm³/mol. The molecule has 2 amide bonds. The van der Waals surface area contributed by atoms with E-state index >= 15 is 0 Å². The van der Waals surface area contributed by atoms with Gasteiger partial charge in [0, 0.05) is 97.8 Å². The molecule has 0 unspecified atom stereocenters. The second-order valence-electron chi connectivity index (χ2n) is 13.1. The summed E-state index contributed by atoms with van der Waals surface area (Å²) in [5.74, 6) is 4.98. The van der Waals surface area contributed by atoms with Crippen LogP contribution in [0.25, 0.3) is 24.3 Å². The number of ether oxygens (including phenoxy) is 4. The zero-order valence-corrected chi connectivity index (χ0v) is 38.4. The minimum atomic E-state index is 0. The summed E-state index contributed by atoms with van der Waals surface area (Å²) < 4.78 is 27.0. The minimum Gasteiger partial charge on any atom is -1.00 e. The number of halogens is 2. The van der Waals surface area contributed by atoms with Crippen molar-refractivity contribution in [3.05, 3.63) is 108 Å². The smallest absolute Gasteiger partial charge is 0.220 e. The van der Waals surface area contributed by atoms with Gasteiger partial charge in [0.25, 0.3) is 0 Å². The van der Waals surface area contributed by atoms with E-state index < -0.39 is 0 Å². The first-order valence-corrected chi connectivity index (χ1v) is 22.8. The van der Waals surface area contributed by atoms with Crippen molar-refractivity contribution in [2.45, 2.75) is 66.5 Å². The van der Waals surface area contributed by atoms with E-state index in [1.807, 2.05) is 101 Å². The van der Waals surface area contributed by atoms with Crippen LogP contribution >= 0.6 is 21.6 Å². The van der Waals surface area contributed by atoms with Gasteiger partial charge >= 0.3 is 0 Å². The molecule has 10 nitrogen and oxygen atoms in total. The monoisotopic (exact) mass is 898 g/mol. The highest BCUT2D eigenvalue weighted by Crippen LogP contribution is 2.28. The molecular weight excluding hydrogens is 840 g/mol. The lowest BCUT2D eigenvalue weighted by Gasteiger charge is -2.10. The molecule has 0 spiro atoms. The van der Waals surface area contributed by atoms with Gasteiger partial charge < -0.3 is 54.4 Å². The molecule has 2 heterocycles. The lowest BCUT2D eigenvalue weighted by molar-refractivity contribution is -0.697. The Morgan fingerprint density at radius 3 is 1.30 bits per heavy atom. The lowest BCUT2D eigenvalue weighted by atomic mass is 10.1. The van der Waals surface area contributed by atoms with E-state index in [0.717, 1.165) is 82.7 Å². The SMILES string of the molecule is CCOc1ccc(/C=C/c2cc[n+](CCCC(=O)NCCSSCCNC(=O)CCC[n+]3ccc(/C=C/c4ccc(OCC)cc4OCC)cc3)cc2)c(OCC)c1.[Cl-].[Cl-]. The molecule has 4 aromatic rings. The number of carbonyl (C=O) groups is 2. The van der Waals surface area contributed by atoms with Crippen LogP contribution in [0.5, 0.6) is 23.0 Å². The lowest BCUT2D eigenvalue weighted by Crippen LogP contribution is -3.00. The van der Waals surface area contributed by atoms with Crippen molar-refractivity contribution in [2.75, 3.05) is 51.0 Å². The molecule has 2 aromatic carbocycles. The molecule has 0 fully saturated rings. The van der Waals surface area contributed by atoms with E-state index in [9.17, 15) is 9.59 Å². The molecule has 0 aliphatic carbocycles. The Bertz CT molecular complexity index is 1760. The van der Waals surface area contributed by atoms with Crippen LogP contribution in [0.1, 0.15) is 75.6 Å². The van der Waals surface area contributed by atoms with Gasteiger partial charge in [0.1, 0.15) is 36.1 Å². The van der Waals surface area contributed by atoms with E-state index in [2.05, 4.69) is 56.2 Å². The van der Waals surface area contributed by atoms with Crippen molar-refractivity contribution in [3.8, 4) is 23.0 Å². The molecule has 14 heteroatoms. The summed E-state index contributed by atoms with van der Waals surface area (Å²) in [7, 11) is 3.42. The molecule has 326 valence electrons. The van der Waals surface area contributed by atoms with Gasteiger partial charge in [-0.3, -0.25) is 9.59 Å². The molecule has 0 saturated heterocycles. The van der Waals surface area contributed by atoms with Crippen LogP contribution in [0.3, 0.4) is 0 Å². The quantitative estimate of drug-likeness (QED) is 0.0534. The fraction of sp³-hybridized carbons (Fsp3) is 0.391. The maximum absolute atomic E-state index is 12.3. The Hall–Kier alpha value is -4.36. The van der Waals surface area contributed by atoms with Crippen LogP contribution in [0.2, 0.25) is 0 Å². The molecule has 0 atom stereocenters. The first-order valence-electron chi connectivity index (χ1n) is 20.3. The van der Waals surface area contributed by atoms with E-state index in [0.29, 0.717) is 52.4 Å². The average Bonchev–Trinajstić information content (AvgIpc) is 3.23. The first-order chi connectivity index (χ1) is 28.4. The fourth-order valence-corrected chi connectivity index (χ4v) is 7.63. The number of nitrogens with one attached hydrogen (secondary N) is 2.